The van der Waals surface area contributed by atoms with Gasteiger partial charge in [-0.15, -0.1) is 0 Å². The number of carboxylic acids is 1. The molecule has 17 heavy (non-hydrogen) atoms. The summed E-state index contributed by atoms with van der Waals surface area (Å²) in [5.41, 5.74) is 0. The summed E-state index contributed by atoms with van der Waals surface area (Å²) in [6.45, 7) is 3.77. The van der Waals surface area contributed by atoms with Gasteiger partial charge in [0.15, 0.2) is 0 Å². The molecular weight excluding hydrogens is 228 g/mol. The second-order valence-corrected chi connectivity index (χ2v) is 3.69. The Kier molecular flexibility index (Phi) is 2.94. The Labute approximate surface area is 96.8 Å². The summed E-state index contributed by atoms with van der Waals surface area (Å²) in [5.74, 6) is -1.64. The molecule has 0 aromatic carbocycles. The molecule has 0 unspecified atom stereocenters. The average Bonchev–Trinajstić information content (AvgIpc) is 2.78. The van der Waals surface area contributed by atoms with Crippen LogP contribution in [0.5, 0.6) is 0 Å². The van der Waals surface area contributed by atoms with E-state index in [-0.39, 0.29) is 11.9 Å². The van der Waals surface area contributed by atoms with Crippen molar-refractivity contribution in [1.29, 1.82) is 0 Å². The first kappa shape index (κ1) is 11.4. The van der Waals surface area contributed by atoms with Crippen LogP contribution in [0.3, 0.4) is 0 Å². The number of carboxylic acid groups (broad SMARTS) is 1. The van der Waals surface area contributed by atoms with Gasteiger partial charge in [0.05, 0.1) is 0 Å². The Morgan fingerprint density at radius 1 is 1.24 bits per heavy atom. The normalized spacial score (nSPS) is 16.1. The minimum absolute atomic E-state index is 0.0291. The van der Waals surface area contributed by atoms with Crippen molar-refractivity contribution in [1.82, 2.24) is 15.1 Å². The van der Waals surface area contributed by atoms with E-state index < -0.39 is 11.9 Å². The minimum atomic E-state index is -1.24. The Morgan fingerprint density at radius 3 is 2.35 bits per heavy atom. The van der Waals surface area contributed by atoms with E-state index in [1.165, 1.54) is 6.92 Å². The lowest BCUT2D eigenvalue weighted by Gasteiger charge is -2.32. The topological polar surface area (TPSA) is 99.8 Å². The maximum atomic E-state index is 11.1. The molecule has 1 N–H and O–H groups in total. The summed E-state index contributed by atoms with van der Waals surface area (Å²) < 4.78 is 4.98. The monoisotopic (exact) mass is 240 g/mol. The van der Waals surface area contributed by atoms with Gasteiger partial charge in [0.1, 0.15) is 0 Å². The van der Waals surface area contributed by atoms with Crippen LogP contribution in [0.1, 0.15) is 17.6 Å². The molecule has 1 aliphatic heterocycles. The fourth-order valence-corrected chi connectivity index (χ4v) is 1.64. The lowest BCUT2D eigenvalue weighted by molar-refractivity contribution is -0.129. The van der Waals surface area contributed by atoms with Gasteiger partial charge in [-0.2, -0.15) is 0 Å². The van der Waals surface area contributed by atoms with Crippen molar-refractivity contribution >= 4 is 17.9 Å². The third-order valence-corrected chi connectivity index (χ3v) is 2.59. The van der Waals surface area contributed by atoms with Gasteiger partial charge in [-0.1, -0.05) is 10.2 Å². The maximum absolute atomic E-state index is 11.1. The molecule has 2 rings (SSSR count). The van der Waals surface area contributed by atoms with Crippen LogP contribution in [-0.2, 0) is 4.79 Å². The predicted octanol–water partition coefficient (Wildman–Crippen LogP) is -0.564. The minimum Gasteiger partial charge on any atom is -0.474 e. The first-order valence-electron chi connectivity index (χ1n) is 5.15. The Balaban J connectivity index is 2.00. The van der Waals surface area contributed by atoms with Crippen molar-refractivity contribution in [3.05, 3.63) is 5.89 Å². The predicted molar refractivity (Wildman–Crippen MR) is 55.7 cm³/mol. The quantitative estimate of drug-likeness (QED) is 0.739. The largest absolute Gasteiger partial charge is 0.474 e. The molecule has 0 aliphatic carbocycles. The van der Waals surface area contributed by atoms with Crippen LogP contribution in [0.15, 0.2) is 4.42 Å². The van der Waals surface area contributed by atoms with Crippen molar-refractivity contribution in [2.45, 2.75) is 6.92 Å². The second kappa shape index (κ2) is 4.40. The smallest absolute Gasteiger partial charge is 0.393 e. The number of aromatic nitrogens is 2. The average molecular weight is 240 g/mol. The molecule has 0 bridgehead atoms. The van der Waals surface area contributed by atoms with Gasteiger partial charge in [0.25, 0.3) is 0 Å². The summed E-state index contributed by atoms with van der Waals surface area (Å²) in [4.78, 5) is 25.2. The fourth-order valence-electron chi connectivity index (χ4n) is 1.64. The molecule has 0 saturated carbocycles. The number of hydrogen-bond donors (Lipinski definition) is 1. The zero-order chi connectivity index (χ0) is 12.4. The molecule has 2 heterocycles. The van der Waals surface area contributed by atoms with Gasteiger partial charge in [-0.3, -0.25) is 4.79 Å². The van der Waals surface area contributed by atoms with Crippen LogP contribution in [0.4, 0.5) is 6.01 Å². The summed E-state index contributed by atoms with van der Waals surface area (Å²) >= 11 is 0. The second-order valence-electron chi connectivity index (χ2n) is 3.69. The Hall–Kier alpha value is -2.12. The number of piperazine rings is 1. The van der Waals surface area contributed by atoms with Gasteiger partial charge in [-0.05, 0) is 0 Å². The van der Waals surface area contributed by atoms with Crippen LogP contribution in [0, 0.1) is 0 Å². The fraction of sp³-hybridized carbons (Fsp3) is 0.556. The van der Waals surface area contributed by atoms with E-state index in [2.05, 4.69) is 10.2 Å². The molecule has 1 saturated heterocycles. The molecule has 1 amide bonds. The van der Waals surface area contributed by atoms with Crippen LogP contribution in [0.25, 0.3) is 0 Å². The van der Waals surface area contributed by atoms with E-state index in [9.17, 15) is 9.59 Å². The third kappa shape index (κ3) is 2.35. The number of anilines is 1. The van der Waals surface area contributed by atoms with E-state index in [1.807, 2.05) is 0 Å². The Morgan fingerprint density at radius 2 is 1.88 bits per heavy atom. The van der Waals surface area contributed by atoms with Gasteiger partial charge in [-0.25, -0.2) is 4.79 Å². The highest BCUT2D eigenvalue weighted by Gasteiger charge is 2.23. The van der Waals surface area contributed by atoms with Crippen molar-refractivity contribution < 1.29 is 19.1 Å². The first-order chi connectivity index (χ1) is 8.08. The molecule has 0 spiro atoms. The van der Waals surface area contributed by atoms with E-state index in [0.29, 0.717) is 26.2 Å². The molecule has 8 nitrogen and oxygen atoms in total. The molecule has 0 radical (unpaired) electrons. The zero-order valence-electron chi connectivity index (χ0n) is 9.29. The lowest BCUT2D eigenvalue weighted by Crippen LogP contribution is -2.48. The summed E-state index contributed by atoms with van der Waals surface area (Å²) in [6.07, 6.45) is 0. The number of carbonyl (C=O) groups excluding carboxylic acids is 1. The Bertz CT molecular complexity index is 436. The number of hydrogen-bond acceptors (Lipinski definition) is 6. The summed E-state index contributed by atoms with van der Waals surface area (Å²) in [6, 6.07) is 0.186. The third-order valence-electron chi connectivity index (χ3n) is 2.59. The maximum Gasteiger partial charge on any atom is 0.393 e. The van der Waals surface area contributed by atoms with Gasteiger partial charge >= 0.3 is 17.9 Å². The molecule has 1 aliphatic rings. The van der Waals surface area contributed by atoms with Crippen molar-refractivity contribution in [2.24, 2.45) is 0 Å². The molecule has 1 aromatic heterocycles. The molecule has 92 valence electrons. The van der Waals surface area contributed by atoms with Crippen molar-refractivity contribution in [3.63, 3.8) is 0 Å². The van der Waals surface area contributed by atoms with Crippen LogP contribution < -0.4 is 4.90 Å². The van der Waals surface area contributed by atoms with E-state index in [1.54, 1.807) is 9.80 Å². The molecule has 1 fully saturated rings. The van der Waals surface area contributed by atoms with E-state index in [4.69, 9.17) is 9.52 Å². The standard InChI is InChI=1S/C9H12N4O4/c1-6(14)12-2-4-13(5-3-12)9-11-10-7(17-9)8(15)16/h2-5H2,1H3,(H,15,16). The molecule has 8 heteroatoms. The lowest BCUT2D eigenvalue weighted by atomic mass is 10.3. The highest BCUT2D eigenvalue weighted by Crippen LogP contribution is 2.14. The van der Waals surface area contributed by atoms with Crippen LogP contribution >= 0.6 is 0 Å². The first-order valence-corrected chi connectivity index (χ1v) is 5.15. The number of amides is 1. The summed E-state index contributed by atoms with van der Waals surface area (Å²) in [7, 11) is 0. The SMILES string of the molecule is CC(=O)N1CCN(c2nnc(C(=O)O)o2)CC1. The highest BCUT2D eigenvalue weighted by molar-refractivity contribution is 5.82. The van der Waals surface area contributed by atoms with Gasteiger partial charge in [0, 0.05) is 33.1 Å². The molecular formula is C9H12N4O4. The summed E-state index contributed by atoms with van der Waals surface area (Å²) in [5, 5.41) is 15.7. The molecule has 1 aromatic rings. The number of rotatable bonds is 2. The van der Waals surface area contributed by atoms with Crippen molar-refractivity contribution in [2.75, 3.05) is 31.1 Å². The van der Waals surface area contributed by atoms with E-state index >= 15 is 0 Å². The zero-order valence-corrected chi connectivity index (χ0v) is 9.29. The van der Waals surface area contributed by atoms with Gasteiger partial charge in [0.2, 0.25) is 5.91 Å². The van der Waals surface area contributed by atoms with Crippen LogP contribution in [-0.4, -0.2) is 58.3 Å². The number of nitrogens with zero attached hydrogens (tertiary/aromatic N) is 4. The van der Waals surface area contributed by atoms with E-state index in [0.717, 1.165) is 0 Å². The number of aromatic carboxylic acids is 1. The van der Waals surface area contributed by atoms with Crippen LogP contribution in [0.2, 0.25) is 0 Å². The van der Waals surface area contributed by atoms with Gasteiger partial charge < -0.3 is 19.3 Å². The van der Waals surface area contributed by atoms with Crippen molar-refractivity contribution in [3.8, 4) is 0 Å². The highest BCUT2D eigenvalue weighted by atomic mass is 16.4. The molecule has 0 atom stereocenters. The number of carbonyl (C=O) groups is 2.